The number of pyridine rings is 2. The number of rotatable bonds is 3. The fourth-order valence-electron chi connectivity index (χ4n) is 2.18. The summed E-state index contributed by atoms with van der Waals surface area (Å²) in [5, 5.41) is 2.66. The molecule has 144 valence electrons. The predicted octanol–water partition coefficient (Wildman–Crippen LogP) is 1.85. The molecule has 0 aliphatic rings. The van der Waals surface area contributed by atoms with Gasteiger partial charge in [-0.1, -0.05) is 0 Å². The van der Waals surface area contributed by atoms with Gasteiger partial charge in [0, 0.05) is 19.3 Å². The van der Waals surface area contributed by atoms with Crippen molar-refractivity contribution in [1.82, 2.24) is 35.2 Å². The Balaban J connectivity index is 0.000000257. The first kappa shape index (κ1) is 22.3. The molecule has 0 spiro atoms. The number of fused-ring (bicyclic) bond motifs is 2. The number of hydrogen-bond donors (Lipinski definition) is 4. The molecule has 0 fully saturated rings. The van der Waals surface area contributed by atoms with Crippen LogP contribution in [0.1, 0.15) is 18.6 Å². The Morgan fingerprint density at radius 3 is 2.00 bits per heavy atom. The van der Waals surface area contributed by atoms with E-state index in [-0.39, 0.29) is 30.7 Å². The second-order valence-electron chi connectivity index (χ2n) is 5.23. The molecular formula is C16H20Cl2N8O. The number of aromatic amines is 2. The monoisotopic (exact) mass is 410 g/mol. The van der Waals surface area contributed by atoms with E-state index < -0.39 is 0 Å². The van der Waals surface area contributed by atoms with Gasteiger partial charge in [0.15, 0.2) is 11.3 Å². The zero-order chi connectivity index (χ0) is 17.6. The molecule has 0 atom stereocenters. The maximum Gasteiger partial charge on any atom is 0.217 e. The lowest BCUT2D eigenvalue weighted by Crippen LogP contribution is -2.19. The van der Waals surface area contributed by atoms with E-state index in [9.17, 15) is 4.79 Å². The van der Waals surface area contributed by atoms with Gasteiger partial charge >= 0.3 is 0 Å². The smallest absolute Gasteiger partial charge is 0.217 e. The van der Waals surface area contributed by atoms with Crippen molar-refractivity contribution >= 4 is 53.0 Å². The molecule has 11 heteroatoms. The summed E-state index contributed by atoms with van der Waals surface area (Å²) in [6.07, 6.45) is 3.40. The van der Waals surface area contributed by atoms with Crippen LogP contribution in [0, 0.1) is 0 Å². The second-order valence-corrected chi connectivity index (χ2v) is 5.23. The van der Waals surface area contributed by atoms with E-state index in [1.165, 1.54) is 6.92 Å². The topological polar surface area (TPSA) is 138 Å². The molecule has 0 aliphatic carbocycles. The van der Waals surface area contributed by atoms with Gasteiger partial charge in [-0.05, 0) is 24.3 Å². The first-order valence-electron chi connectivity index (χ1n) is 7.69. The lowest BCUT2D eigenvalue weighted by atomic mass is 10.4. The SMILES string of the molecule is CC(=O)NCc1nc2ncccc2[nH]1.Cl.Cl.NCc1nc2ncccc2[nH]1. The summed E-state index contributed by atoms with van der Waals surface area (Å²) in [4.78, 5) is 33.2. The number of imidazole rings is 2. The number of carbonyl (C=O) groups is 1. The Bertz CT molecular complexity index is 934. The van der Waals surface area contributed by atoms with E-state index in [0.29, 0.717) is 24.6 Å². The number of aromatic nitrogens is 6. The highest BCUT2D eigenvalue weighted by molar-refractivity contribution is 5.85. The van der Waals surface area contributed by atoms with Crippen molar-refractivity contribution in [2.75, 3.05) is 0 Å². The molecule has 5 N–H and O–H groups in total. The Morgan fingerprint density at radius 1 is 1.00 bits per heavy atom. The van der Waals surface area contributed by atoms with Crippen molar-refractivity contribution < 1.29 is 4.79 Å². The van der Waals surface area contributed by atoms with E-state index in [0.717, 1.165) is 22.5 Å². The molecule has 4 aromatic heterocycles. The van der Waals surface area contributed by atoms with E-state index in [2.05, 4.69) is 35.2 Å². The zero-order valence-electron chi connectivity index (χ0n) is 14.5. The average Bonchev–Trinajstić information content (AvgIpc) is 3.23. The summed E-state index contributed by atoms with van der Waals surface area (Å²) in [7, 11) is 0. The number of halogens is 2. The summed E-state index contributed by atoms with van der Waals surface area (Å²) in [5.74, 6) is 1.42. The number of hydrogen-bond acceptors (Lipinski definition) is 6. The summed E-state index contributed by atoms with van der Waals surface area (Å²) in [5.41, 5.74) is 8.62. The van der Waals surface area contributed by atoms with Crippen molar-refractivity contribution in [3.8, 4) is 0 Å². The van der Waals surface area contributed by atoms with Crippen LogP contribution < -0.4 is 11.1 Å². The molecule has 1 amide bonds. The molecule has 27 heavy (non-hydrogen) atoms. The minimum absolute atomic E-state index is 0. The van der Waals surface area contributed by atoms with Gasteiger partial charge in [-0.15, -0.1) is 24.8 Å². The standard InChI is InChI=1S/C9H10N4O.C7H8N4.2ClH/c1-6(14)11-5-8-12-7-3-2-4-10-9(7)13-8;8-4-6-10-5-2-1-3-9-7(5)11-6;;/h2-4H,5H2,1H3,(H,11,14)(H,10,12,13);1-3H,4,8H2,(H,9,10,11);2*1H. The van der Waals surface area contributed by atoms with Gasteiger partial charge < -0.3 is 21.0 Å². The molecule has 0 bridgehead atoms. The minimum Gasteiger partial charge on any atom is -0.349 e. The molecule has 0 unspecified atom stereocenters. The van der Waals surface area contributed by atoms with Crippen LogP contribution in [-0.4, -0.2) is 35.8 Å². The third kappa shape index (κ3) is 5.88. The summed E-state index contributed by atoms with van der Waals surface area (Å²) in [6.45, 7) is 2.31. The fraction of sp³-hybridized carbons (Fsp3) is 0.188. The third-order valence-electron chi connectivity index (χ3n) is 3.31. The molecule has 0 aliphatic heterocycles. The number of amides is 1. The van der Waals surface area contributed by atoms with Crippen molar-refractivity contribution in [3.63, 3.8) is 0 Å². The van der Waals surface area contributed by atoms with Gasteiger partial charge in [-0.3, -0.25) is 4.79 Å². The van der Waals surface area contributed by atoms with Crippen LogP contribution in [0.2, 0.25) is 0 Å². The summed E-state index contributed by atoms with van der Waals surface area (Å²) < 4.78 is 0. The van der Waals surface area contributed by atoms with Crippen molar-refractivity contribution in [3.05, 3.63) is 48.3 Å². The first-order valence-corrected chi connectivity index (χ1v) is 7.69. The lowest BCUT2D eigenvalue weighted by Gasteiger charge is -1.95. The Morgan fingerprint density at radius 2 is 1.52 bits per heavy atom. The van der Waals surface area contributed by atoms with Crippen LogP contribution in [0.4, 0.5) is 0 Å². The van der Waals surface area contributed by atoms with Crippen molar-refractivity contribution in [1.29, 1.82) is 0 Å². The molecule has 9 nitrogen and oxygen atoms in total. The van der Waals surface area contributed by atoms with Crippen LogP contribution in [-0.2, 0) is 17.9 Å². The van der Waals surface area contributed by atoms with Crippen LogP contribution in [0.15, 0.2) is 36.7 Å². The average molecular weight is 411 g/mol. The highest BCUT2D eigenvalue weighted by Gasteiger charge is 2.02. The maximum absolute atomic E-state index is 10.7. The predicted molar refractivity (Wildman–Crippen MR) is 108 cm³/mol. The number of nitrogens with two attached hydrogens (primary N) is 1. The molecule has 4 rings (SSSR count). The molecule has 4 aromatic rings. The van der Waals surface area contributed by atoms with Gasteiger partial charge in [0.2, 0.25) is 5.91 Å². The first-order chi connectivity index (χ1) is 12.2. The molecule has 0 saturated heterocycles. The number of nitrogens with one attached hydrogen (secondary N) is 3. The van der Waals surface area contributed by atoms with E-state index in [4.69, 9.17) is 5.73 Å². The minimum atomic E-state index is -0.0709. The van der Waals surface area contributed by atoms with Crippen molar-refractivity contribution in [2.24, 2.45) is 5.73 Å². The van der Waals surface area contributed by atoms with Crippen LogP contribution in [0.3, 0.4) is 0 Å². The van der Waals surface area contributed by atoms with Crippen LogP contribution >= 0.6 is 24.8 Å². The zero-order valence-corrected chi connectivity index (χ0v) is 16.1. The highest BCUT2D eigenvalue weighted by Crippen LogP contribution is 2.07. The van der Waals surface area contributed by atoms with E-state index in [1.807, 2.05) is 24.3 Å². The summed E-state index contributed by atoms with van der Waals surface area (Å²) in [6, 6.07) is 7.52. The van der Waals surface area contributed by atoms with Gasteiger partial charge in [-0.2, -0.15) is 0 Å². The Labute approximate surface area is 167 Å². The quantitative estimate of drug-likeness (QED) is 0.406. The molecule has 4 heterocycles. The normalized spacial score (nSPS) is 9.70. The summed E-state index contributed by atoms with van der Waals surface area (Å²) >= 11 is 0. The molecule has 0 saturated carbocycles. The molecular weight excluding hydrogens is 391 g/mol. The maximum atomic E-state index is 10.7. The largest absolute Gasteiger partial charge is 0.349 e. The Kier molecular flexibility index (Phi) is 8.60. The number of nitrogens with zero attached hydrogens (tertiary/aromatic N) is 4. The third-order valence-corrected chi connectivity index (χ3v) is 3.31. The van der Waals surface area contributed by atoms with Gasteiger partial charge in [0.05, 0.1) is 24.1 Å². The van der Waals surface area contributed by atoms with Gasteiger partial charge in [0.25, 0.3) is 0 Å². The molecule has 0 radical (unpaired) electrons. The van der Waals surface area contributed by atoms with Gasteiger partial charge in [0.1, 0.15) is 11.6 Å². The second kappa shape index (κ2) is 10.4. The van der Waals surface area contributed by atoms with Gasteiger partial charge in [-0.25, -0.2) is 19.9 Å². The number of carbonyl (C=O) groups excluding carboxylic acids is 1. The van der Waals surface area contributed by atoms with Crippen LogP contribution in [0.5, 0.6) is 0 Å². The van der Waals surface area contributed by atoms with E-state index >= 15 is 0 Å². The van der Waals surface area contributed by atoms with Crippen LogP contribution in [0.25, 0.3) is 22.3 Å². The number of H-pyrrole nitrogens is 2. The molecule has 0 aromatic carbocycles. The fourth-order valence-corrected chi connectivity index (χ4v) is 2.18. The Hall–Kier alpha value is -2.75. The lowest BCUT2D eigenvalue weighted by molar-refractivity contribution is -0.119. The highest BCUT2D eigenvalue weighted by atomic mass is 35.5. The van der Waals surface area contributed by atoms with E-state index in [1.54, 1.807) is 12.4 Å². The van der Waals surface area contributed by atoms with Crippen molar-refractivity contribution in [2.45, 2.75) is 20.0 Å².